The Morgan fingerprint density at radius 3 is 2.35 bits per heavy atom. The standard InChI is InChI=1S/C22H34N2OS/c1-2-3-4-5-6-7-8-9-13-16-21(25)24-22-19(17-23)18-14-11-10-12-15-20(18)26-22/h2-16H2,1H3,(H,24,25). The molecule has 0 fully saturated rings. The fraction of sp³-hybridized carbons (Fsp3) is 0.727. The highest BCUT2D eigenvalue weighted by molar-refractivity contribution is 7.16. The van der Waals surface area contributed by atoms with Gasteiger partial charge in [0.15, 0.2) is 0 Å². The van der Waals surface area contributed by atoms with E-state index in [1.165, 1.54) is 68.2 Å². The number of hydrogen-bond donors (Lipinski definition) is 1. The molecule has 144 valence electrons. The molecule has 26 heavy (non-hydrogen) atoms. The average molecular weight is 375 g/mol. The summed E-state index contributed by atoms with van der Waals surface area (Å²) >= 11 is 1.63. The van der Waals surface area contributed by atoms with Crippen molar-refractivity contribution in [3.05, 3.63) is 16.0 Å². The summed E-state index contributed by atoms with van der Waals surface area (Å²) in [6.07, 6.45) is 17.5. The third-order valence-corrected chi connectivity index (χ3v) is 6.50. The van der Waals surface area contributed by atoms with Gasteiger partial charge in [0.25, 0.3) is 0 Å². The van der Waals surface area contributed by atoms with E-state index >= 15 is 0 Å². The molecule has 1 aliphatic carbocycles. The largest absolute Gasteiger partial charge is 0.317 e. The van der Waals surface area contributed by atoms with Crippen molar-refractivity contribution in [2.75, 3.05) is 5.32 Å². The highest BCUT2D eigenvalue weighted by Gasteiger charge is 2.20. The van der Waals surface area contributed by atoms with E-state index in [0.717, 1.165) is 42.7 Å². The summed E-state index contributed by atoms with van der Waals surface area (Å²) in [7, 11) is 0. The molecule has 1 aromatic heterocycles. The molecule has 1 heterocycles. The van der Waals surface area contributed by atoms with Gasteiger partial charge in [0, 0.05) is 11.3 Å². The second kappa shape index (κ2) is 12.1. The Hall–Kier alpha value is -1.34. The molecular formula is C22H34N2OS. The second-order valence-electron chi connectivity index (χ2n) is 7.51. The lowest BCUT2D eigenvalue weighted by Crippen LogP contribution is -2.11. The van der Waals surface area contributed by atoms with Crippen LogP contribution in [0.3, 0.4) is 0 Å². The van der Waals surface area contributed by atoms with Gasteiger partial charge in [0.1, 0.15) is 11.1 Å². The average Bonchev–Trinajstić information content (AvgIpc) is 2.79. The lowest BCUT2D eigenvalue weighted by molar-refractivity contribution is -0.116. The maximum Gasteiger partial charge on any atom is 0.225 e. The first-order valence-electron chi connectivity index (χ1n) is 10.6. The molecule has 0 spiro atoms. The number of aryl methyl sites for hydroxylation is 1. The highest BCUT2D eigenvalue weighted by Crippen LogP contribution is 2.37. The number of rotatable bonds is 11. The molecule has 0 aliphatic heterocycles. The molecule has 2 rings (SSSR count). The number of amides is 1. The number of carbonyl (C=O) groups is 1. The van der Waals surface area contributed by atoms with Crippen molar-refractivity contribution < 1.29 is 4.79 Å². The van der Waals surface area contributed by atoms with Crippen LogP contribution in [0.15, 0.2) is 0 Å². The van der Waals surface area contributed by atoms with E-state index in [0.29, 0.717) is 6.42 Å². The minimum Gasteiger partial charge on any atom is -0.317 e. The number of hydrogen-bond acceptors (Lipinski definition) is 3. The minimum atomic E-state index is 0.0702. The zero-order valence-corrected chi connectivity index (χ0v) is 17.2. The monoisotopic (exact) mass is 374 g/mol. The van der Waals surface area contributed by atoms with Crippen LogP contribution in [0.5, 0.6) is 0 Å². The zero-order valence-electron chi connectivity index (χ0n) is 16.4. The van der Waals surface area contributed by atoms with Crippen molar-refractivity contribution in [3.63, 3.8) is 0 Å². The molecule has 0 atom stereocenters. The van der Waals surface area contributed by atoms with Crippen molar-refractivity contribution in [2.45, 2.75) is 103 Å². The predicted molar refractivity (Wildman–Crippen MR) is 111 cm³/mol. The number of thiophene rings is 1. The van der Waals surface area contributed by atoms with Crippen LogP contribution in [0, 0.1) is 11.3 Å². The van der Waals surface area contributed by atoms with E-state index in [1.54, 1.807) is 11.3 Å². The number of nitrogens with zero attached hydrogens (tertiary/aromatic N) is 1. The lowest BCUT2D eigenvalue weighted by atomic mass is 10.1. The Morgan fingerprint density at radius 1 is 1.00 bits per heavy atom. The van der Waals surface area contributed by atoms with Gasteiger partial charge in [-0.2, -0.15) is 5.26 Å². The number of unbranched alkanes of at least 4 members (excludes halogenated alkanes) is 8. The van der Waals surface area contributed by atoms with Crippen molar-refractivity contribution in [1.82, 2.24) is 0 Å². The van der Waals surface area contributed by atoms with E-state index in [-0.39, 0.29) is 5.91 Å². The van der Waals surface area contributed by atoms with Crippen LogP contribution in [-0.4, -0.2) is 5.91 Å². The van der Waals surface area contributed by atoms with Gasteiger partial charge < -0.3 is 5.32 Å². The summed E-state index contributed by atoms with van der Waals surface area (Å²) in [5.74, 6) is 0.0702. The van der Waals surface area contributed by atoms with E-state index in [1.807, 2.05) is 0 Å². The number of anilines is 1. The number of carbonyl (C=O) groups excluding carboxylic acids is 1. The summed E-state index contributed by atoms with van der Waals surface area (Å²) in [5, 5.41) is 13.3. The Bertz CT molecular complexity index is 600. The molecule has 0 saturated heterocycles. The predicted octanol–water partition coefficient (Wildman–Crippen LogP) is 6.75. The second-order valence-corrected chi connectivity index (χ2v) is 8.61. The molecule has 4 heteroatoms. The van der Waals surface area contributed by atoms with Gasteiger partial charge in [-0.25, -0.2) is 0 Å². The lowest BCUT2D eigenvalue weighted by Gasteiger charge is -2.05. The van der Waals surface area contributed by atoms with E-state index < -0.39 is 0 Å². The van der Waals surface area contributed by atoms with Crippen LogP contribution in [0.25, 0.3) is 0 Å². The molecule has 0 bridgehead atoms. The van der Waals surface area contributed by atoms with E-state index in [9.17, 15) is 10.1 Å². The van der Waals surface area contributed by atoms with Crippen LogP contribution >= 0.6 is 11.3 Å². The van der Waals surface area contributed by atoms with Gasteiger partial charge in [0.05, 0.1) is 5.56 Å². The van der Waals surface area contributed by atoms with Gasteiger partial charge in [-0.3, -0.25) is 4.79 Å². The quantitative estimate of drug-likeness (QED) is 0.344. The van der Waals surface area contributed by atoms with Crippen LogP contribution in [0.2, 0.25) is 0 Å². The molecular weight excluding hydrogens is 340 g/mol. The molecule has 1 amide bonds. The fourth-order valence-electron chi connectivity index (χ4n) is 3.73. The molecule has 3 nitrogen and oxygen atoms in total. The fourth-order valence-corrected chi connectivity index (χ4v) is 4.99. The maximum absolute atomic E-state index is 12.3. The number of nitrogens with one attached hydrogen (secondary N) is 1. The summed E-state index contributed by atoms with van der Waals surface area (Å²) in [5.41, 5.74) is 1.93. The third kappa shape index (κ3) is 6.76. The Balaban J connectivity index is 1.68. The van der Waals surface area contributed by atoms with Gasteiger partial charge in [-0.1, -0.05) is 64.7 Å². The molecule has 1 aromatic rings. The number of nitriles is 1. The van der Waals surface area contributed by atoms with Crippen molar-refractivity contribution in [3.8, 4) is 6.07 Å². The van der Waals surface area contributed by atoms with Crippen LogP contribution in [-0.2, 0) is 17.6 Å². The number of fused-ring (bicyclic) bond motifs is 1. The van der Waals surface area contributed by atoms with Crippen LogP contribution in [0.1, 0.15) is 106 Å². The molecule has 0 saturated carbocycles. The summed E-state index contributed by atoms with van der Waals surface area (Å²) < 4.78 is 0. The summed E-state index contributed by atoms with van der Waals surface area (Å²) in [4.78, 5) is 13.6. The zero-order chi connectivity index (χ0) is 18.6. The third-order valence-electron chi connectivity index (χ3n) is 5.29. The Kier molecular flexibility index (Phi) is 9.77. The minimum absolute atomic E-state index is 0.0702. The molecule has 1 N–H and O–H groups in total. The maximum atomic E-state index is 12.3. The molecule has 0 aromatic carbocycles. The van der Waals surface area contributed by atoms with Gasteiger partial charge >= 0.3 is 0 Å². The summed E-state index contributed by atoms with van der Waals surface area (Å²) in [6, 6.07) is 2.34. The van der Waals surface area contributed by atoms with Crippen LogP contribution in [0.4, 0.5) is 5.00 Å². The highest BCUT2D eigenvalue weighted by atomic mass is 32.1. The van der Waals surface area contributed by atoms with E-state index in [4.69, 9.17) is 0 Å². The normalized spacial score (nSPS) is 13.7. The van der Waals surface area contributed by atoms with Crippen molar-refractivity contribution >= 4 is 22.2 Å². The first-order valence-corrected chi connectivity index (χ1v) is 11.4. The van der Waals surface area contributed by atoms with Gasteiger partial charge in [0.2, 0.25) is 5.91 Å². The van der Waals surface area contributed by atoms with Crippen molar-refractivity contribution in [2.24, 2.45) is 0 Å². The molecule has 1 aliphatic rings. The van der Waals surface area contributed by atoms with Gasteiger partial charge in [-0.05, 0) is 37.7 Å². The molecule has 0 radical (unpaired) electrons. The first kappa shape index (κ1) is 21.0. The van der Waals surface area contributed by atoms with E-state index in [2.05, 4.69) is 18.3 Å². The smallest absolute Gasteiger partial charge is 0.225 e. The van der Waals surface area contributed by atoms with Crippen LogP contribution < -0.4 is 5.32 Å². The Morgan fingerprint density at radius 2 is 1.65 bits per heavy atom. The topological polar surface area (TPSA) is 52.9 Å². The SMILES string of the molecule is CCCCCCCCCCCC(=O)Nc1sc2c(c1C#N)CCCCC2. The van der Waals surface area contributed by atoms with Crippen molar-refractivity contribution in [1.29, 1.82) is 5.26 Å². The Labute approximate surface area is 163 Å². The first-order chi connectivity index (χ1) is 12.8. The molecule has 0 unspecified atom stereocenters. The van der Waals surface area contributed by atoms with Gasteiger partial charge in [-0.15, -0.1) is 11.3 Å². The summed E-state index contributed by atoms with van der Waals surface area (Å²) in [6.45, 7) is 2.25.